The molecule has 1 heterocycles. The van der Waals surface area contributed by atoms with Crippen LogP contribution in [0.5, 0.6) is 0 Å². The molecule has 3 rings (SSSR count). The lowest BCUT2D eigenvalue weighted by atomic mass is 9.85. The monoisotopic (exact) mass is 561 g/mol. The van der Waals surface area contributed by atoms with E-state index in [0.717, 1.165) is 11.1 Å². The van der Waals surface area contributed by atoms with Gasteiger partial charge >= 0.3 is 18.1 Å². The molecule has 0 aliphatic carbocycles. The van der Waals surface area contributed by atoms with Crippen LogP contribution in [0.2, 0.25) is 0 Å². The summed E-state index contributed by atoms with van der Waals surface area (Å²) in [4.78, 5) is 50.5. The Morgan fingerprint density at radius 3 is 2.35 bits per heavy atom. The molecule has 0 saturated carbocycles. The molecule has 10 nitrogen and oxygen atoms in total. The number of carbonyl (C=O) groups is 4. The molecule has 214 valence electrons. The van der Waals surface area contributed by atoms with E-state index in [9.17, 15) is 32.3 Å². The summed E-state index contributed by atoms with van der Waals surface area (Å²) in [5, 5.41) is 12.7. The minimum atomic E-state index is -5.33. The van der Waals surface area contributed by atoms with Crippen LogP contribution in [0.4, 0.5) is 13.2 Å². The van der Waals surface area contributed by atoms with E-state index in [4.69, 9.17) is 11.1 Å². The zero-order valence-corrected chi connectivity index (χ0v) is 21.7. The molecule has 40 heavy (non-hydrogen) atoms. The van der Waals surface area contributed by atoms with Gasteiger partial charge in [0.1, 0.15) is 11.9 Å². The van der Waals surface area contributed by atoms with E-state index >= 15 is 0 Å². The van der Waals surface area contributed by atoms with E-state index in [2.05, 4.69) is 15.4 Å². The van der Waals surface area contributed by atoms with Gasteiger partial charge in [0.05, 0.1) is 12.6 Å². The highest BCUT2D eigenvalue weighted by atomic mass is 19.4. The number of rotatable bonds is 9. The Morgan fingerprint density at radius 1 is 1.10 bits per heavy atom. The van der Waals surface area contributed by atoms with Crippen LogP contribution in [0.3, 0.4) is 0 Å². The molecule has 1 aliphatic heterocycles. The van der Waals surface area contributed by atoms with Crippen LogP contribution >= 0.6 is 0 Å². The topological polar surface area (TPSA) is 155 Å². The third-order valence-corrected chi connectivity index (χ3v) is 6.54. The first kappa shape index (κ1) is 30.3. The summed E-state index contributed by atoms with van der Waals surface area (Å²) >= 11 is 0. The van der Waals surface area contributed by atoms with Gasteiger partial charge < -0.3 is 21.1 Å². The SMILES string of the molecule is C[C@H](NC(=O)[C@H]1C[C@@H](c2ccccc2)CCN1CC(=O)OC(=O)C(F)(F)F)C(=O)NCc1ccc(C(=N)N)cc1. The second kappa shape index (κ2) is 13.2. The first-order valence-electron chi connectivity index (χ1n) is 12.5. The van der Waals surface area contributed by atoms with Gasteiger partial charge in [-0.2, -0.15) is 13.2 Å². The Bertz CT molecular complexity index is 1240. The van der Waals surface area contributed by atoms with Crippen molar-refractivity contribution in [2.24, 2.45) is 5.73 Å². The van der Waals surface area contributed by atoms with Gasteiger partial charge in [-0.3, -0.25) is 24.7 Å². The average molecular weight is 562 g/mol. The normalized spacial score (nSPS) is 18.3. The van der Waals surface area contributed by atoms with E-state index < -0.39 is 48.6 Å². The molecule has 0 aromatic heterocycles. The van der Waals surface area contributed by atoms with Crippen LogP contribution in [0.15, 0.2) is 54.6 Å². The highest BCUT2D eigenvalue weighted by Crippen LogP contribution is 2.32. The van der Waals surface area contributed by atoms with Crippen molar-refractivity contribution in [3.63, 3.8) is 0 Å². The van der Waals surface area contributed by atoms with Gasteiger partial charge in [0, 0.05) is 18.7 Å². The highest BCUT2D eigenvalue weighted by Gasteiger charge is 2.43. The number of likely N-dealkylation sites (tertiary alicyclic amines) is 1. The minimum absolute atomic E-state index is 0.0804. The molecule has 1 fully saturated rings. The maximum Gasteiger partial charge on any atom is 0.491 e. The fourth-order valence-electron chi connectivity index (χ4n) is 4.38. The van der Waals surface area contributed by atoms with Gasteiger partial charge in [-0.15, -0.1) is 0 Å². The predicted octanol–water partition coefficient (Wildman–Crippen LogP) is 1.97. The Hall–Kier alpha value is -4.26. The molecule has 0 radical (unpaired) electrons. The van der Waals surface area contributed by atoms with Crippen LogP contribution in [0.25, 0.3) is 0 Å². The zero-order chi connectivity index (χ0) is 29.4. The van der Waals surface area contributed by atoms with Crippen molar-refractivity contribution in [3.8, 4) is 0 Å². The molecular weight excluding hydrogens is 531 g/mol. The van der Waals surface area contributed by atoms with Gasteiger partial charge in [-0.05, 0) is 36.8 Å². The van der Waals surface area contributed by atoms with Crippen molar-refractivity contribution in [1.82, 2.24) is 15.5 Å². The summed E-state index contributed by atoms with van der Waals surface area (Å²) in [6.07, 6.45) is -4.59. The Morgan fingerprint density at radius 2 is 1.75 bits per heavy atom. The Balaban J connectivity index is 1.65. The molecule has 3 atom stereocenters. The third kappa shape index (κ3) is 8.37. The molecule has 1 saturated heterocycles. The lowest BCUT2D eigenvalue weighted by molar-refractivity contribution is -0.202. The van der Waals surface area contributed by atoms with Gasteiger partial charge in [0.15, 0.2) is 0 Å². The molecule has 2 aromatic rings. The number of nitrogens with one attached hydrogen (secondary N) is 3. The van der Waals surface area contributed by atoms with Crippen molar-refractivity contribution in [2.75, 3.05) is 13.1 Å². The summed E-state index contributed by atoms with van der Waals surface area (Å²) < 4.78 is 41.5. The first-order chi connectivity index (χ1) is 18.8. The average Bonchev–Trinajstić information content (AvgIpc) is 2.91. The Kier molecular flexibility index (Phi) is 9.99. The predicted molar refractivity (Wildman–Crippen MR) is 138 cm³/mol. The Labute approximate surface area is 228 Å². The number of alkyl halides is 3. The molecule has 1 aliphatic rings. The highest BCUT2D eigenvalue weighted by molar-refractivity contribution is 5.95. The largest absolute Gasteiger partial charge is 0.491 e. The van der Waals surface area contributed by atoms with Crippen molar-refractivity contribution in [2.45, 2.75) is 50.5 Å². The summed E-state index contributed by atoms with van der Waals surface area (Å²) in [6.45, 7) is 1.09. The smallest absolute Gasteiger partial charge is 0.385 e. The van der Waals surface area contributed by atoms with Crippen LogP contribution in [-0.4, -0.2) is 65.8 Å². The van der Waals surface area contributed by atoms with E-state index in [-0.39, 0.29) is 31.3 Å². The summed E-state index contributed by atoms with van der Waals surface area (Å²) in [5.74, 6) is -5.30. The number of nitrogens with two attached hydrogens (primary N) is 1. The molecular formula is C27H30F3N5O5. The van der Waals surface area contributed by atoms with Gasteiger partial charge in [0.2, 0.25) is 11.8 Å². The number of carbonyl (C=O) groups excluding carboxylic acids is 4. The fraction of sp³-hybridized carbons (Fsp3) is 0.370. The molecule has 13 heteroatoms. The molecule has 2 aromatic carbocycles. The van der Waals surface area contributed by atoms with Gasteiger partial charge in [0.25, 0.3) is 0 Å². The molecule has 2 amide bonds. The molecule has 0 unspecified atom stereocenters. The molecule has 5 N–H and O–H groups in total. The number of hydrogen-bond donors (Lipinski definition) is 4. The number of amides is 2. The number of nitrogen functional groups attached to an aromatic ring is 1. The van der Waals surface area contributed by atoms with Crippen molar-refractivity contribution in [1.29, 1.82) is 5.41 Å². The summed E-state index contributed by atoms with van der Waals surface area (Å²) in [6, 6.07) is 14.1. The molecule has 0 bridgehead atoms. The van der Waals surface area contributed by atoms with E-state index in [1.54, 1.807) is 24.3 Å². The van der Waals surface area contributed by atoms with Crippen LogP contribution in [0.1, 0.15) is 42.4 Å². The lowest BCUT2D eigenvalue weighted by Gasteiger charge is -2.38. The summed E-state index contributed by atoms with van der Waals surface area (Å²) in [5.41, 5.74) is 7.67. The van der Waals surface area contributed by atoms with E-state index in [1.807, 2.05) is 30.3 Å². The second-order valence-corrected chi connectivity index (χ2v) is 9.44. The molecule has 0 spiro atoms. The maximum absolute atomic E-state index is 13.3. The van der Waals surface area contributed by atoms with E-state index in [0.29, 0.717) is 12.0 Å². The van der Waals surface area contributed by atoms with Crippen LogP contribution < -0.4 is 16.4 Å². The number of piperidine rings is 1. The van der Waals surface area contributed by atoms with Crippen LogP contribution in [0, 0.1) is 5.41 Å². The summed E-state index contributed by atoms with van der Waals surface area (Å²) in [7, 11) is 0. The van der Waals surface area contributed by atoms with Crippen molar-refractivity contribution < 1.29 is 37.1 Å². The first-order valence-corrected chi connectivity index (χ1v) is 12.5. The number of ether oxygens (including phenoxy) is 1. The standard InChI is InChI=1S/C27H30F3N5O5/c1-16(24(37)33-14-17-7-9-19(10-8-17)23(31)32)34-25(38)21-13-20(18-5-3-2-4-6-18)11-12-35(21)15-22(36)40-26(39)27(28,29)30/h2-10,16,20-21H,11-15H2,1H3,(H3,31,32)(H,33,37)(H,34,38)/t16-,20-,21+/m0/s1. The number of halogens is 3. The number of amidine groups is 1. The number of hydrogen-bond acceptors (Lipinski definition) is 7. The quantitative estimate of drug-likeness (QED) is 0.158. The maximum atomic E-state index is 13.3. The lowest BCUT2D eigenvalue weighted by Crippen LogP contribution is -2.56. The van der Waals surface area contributed by atoms with E-state index in [1.165, 1.54) is 11.8 Å². The fourth-order valence-corrected chi connectivity index (χ4v) is 4.38. The van der Waals surface area contributed by atoms with Crippen LogP contribution in [-0.2, 0) is 30.5 Å². The number of nitrogens with zero attached hydrogens (tertiary/aromatic N) is 1. The zero-order valence-electron chi connectivity index (χ0n) is 21.7. The van der Waals surface area contributed by atoms with Crippen molar-refractivity contribution in [3.05, 3.63) is 71.3 Å². The van der Waals surface area contributed by atoms with Gasteiger partial charge in [-0.25, -0.2) is 4.79 Å². The minimum Gasteiger partial charge on any atom is -0.385 e. The van der Waals surface area contributed by atoms with Gasteiger partial charge in [-0.1, -0.05) is 54.6 Å². The number of benzene rings is 2. The number of esters is 2. The third-order valence-electron chi connectivity index (χ3n) is 6.54. The second-order valence-electron chi connectivity index (χ2n) is 9.44. The van der Waals surface area contributed by atoms with Crippen molar-refractivity contribution >= 4 is 29.6 Å².